The molecule has 0 amide bonds. The summed E-state index contributed by atoms with van der Waals surface area (Å²) in [5.74, 6) is 0.736. The lowest BCUT2D eigenvalue weighted by atomic mass is 10.1. The molecule has 0 heterocycles. The van der Waals surface area contributed by atoms with E-state index in [1.54, 1.807) is 0 Å². The van der Waals surface area contributed by atoms with Crippen LogP contribution in [0, 0.1) is 13.8 Å². The second-order valence-electron chi connectivity index (χ2n) is 3.64. The zero-order chi connectivity index (χ0) is 10.4. The number of benzene rings is 1. The number of hydrogen-bond acceptors (Lipinski definition) is 1. The Morgan fingerprint density at radius 2 is 2.00 bits per heavy atom. The predicted molar refractivity (Wildman–Crippen MR) is 63.0 cm³/mol. The summed E-state index contributed by atoms with van der Waals surface area (Å²) in [5, 5.41) is 3.36. The van der Waals surface area contributed by atoms with Crippen molar-refractivity contribution in [3.05, 3.63) is 34.9 Å². The van der Waals surface area contributed by atoms with Crippen molar-refractivity contribution in [2.45, 2.75) is 26.8 Å². The molecule has 0 unspecified atom stereocenters. The summed E-state index contributed by atoms with van der Waals surface area (Å²) in [4.78, 5) is 0. The van der Waals surface area contributed by atoms with Crippen molar-refractivity contribution < 1.29 is 0 Å². The van der Waals surface area contributed by atoms with Crippen molar-refractivity contribution in [3.8, 4) is 0 Å². The highest BCUT2D eigenvalue weighted by Crippen LogP contribution is 2.09. The van der Waals surface area contributed by atoms with E-state index in [9.17, 15) is 0 Å². The van der Waals surface area contributed by atoms with Crippen molar-refractivity contribution in [2.75, 3.05) is 12.4 Å². The molecule has 0 saturated carbocycles. The molecule has 0 fully saturated rings. The third kappa shape index (κ3) is 3.69. The van der Waals surface area contributed by atoms with E-state index in [4.69, 9.17) is 11.6 Å². The van der Waals surface area contributed by atoms with Gasteiger partial charge in [0.15, 0.2) is 0 Å². The fourth-order valence-electron chi connectivity index (χ4n) is 1.34. The first-order valence-electron chi connectivity index (χ1n) is 5.07. The van der Waals surface area contributed by atoms with E-state index in [0.29, 0.717) is 0 Å². The Bertz CT molecular complexity index is 284. The molecule has 0 saturated heterocycles. The summed E-state index contributed by atoms with van der Waals surface area (Å²) in [6.45, 7) is 6.23. The molecule has 0 atom stereocenters. The first-order valence-corrected chi connectivity index (χ1v) is 5.60. The van der Waals surface area contributed by atoms with Gasteiger partial charge in [0, 0.05) is 12.4 Å². The van der Waals surface area contributed by atoms with Crippen LogP contribution in [0.3, 0.4) is 0 Å². The minimum atomic E-state index is 0.736. The van der Waals surface area contributed by atoms with Gasteiger partial charge in [-0.05, 0) is 43.5 Å². The Labute approximate surface area is 91.5 Å². The molecule has 0 aliphatic heterocycles. The molecule has 0 aliphatic rings. The van der Waals surface area contributed by atoms with Gasteiger partial charge in [-0.3, -0.25) is 0 Å². The van der Waals surface area contributed by atoms with Crippen LogP contribution in [0.15, 0.2) is 18.2 Å². The van der Waals surface area contributed by atoms with Crippen LogP contribution in [0.1, 0.15) is 23.1 Å². The average Bonchev–Trinajstić information content (AvgIpc) is 2.18. The van der Waals surface area contributed by atoms with Crippen LogP contribution < -0.4 is 5.32 Å². The van der Waals surface area contributed by atoms with E-state index in [1.165, 1.54) is 16.7 Å². The predicted octanol–water partition coefficient (Wildman–Crippen LogP) is 3.02. The Kier molecular flexibility index (Phi) is 4.99. The maximum absolute atomic E-state index is 5.59. The number of rotatable bonds is 5. The SMILES string of the molecule is Cc1ccc(CNCCCCl)cc1C. The largest absolute Gasteiger partial charge is 0.313 e. The van der Waals surface area contributed by atoms with Crippen LogP contribution in [0.5, 0.6) is 0 Å². The van der Waals surface area contributed by atoms with Gasteiger partial charge in [0.05, 0.1) is 0 Å². The zero-order valence-corrected chi connectivity index (χ0v) is 9.69. The van der Waals surface area contributed by atoms with E-state index < -0.39 is 0 Å². The molecule has 1 aromatic rings. The minimum Gasteiger partial charge on any atom is -0.313 e. The lowest BCUT2D eigenvalue weighted by Crippen LogP contribution is -2.15. The maximum atomic E-state index is 5.59. The van der Waals surface area contributed by atoms with E-state index in [0.717, 1.165) is 25.4 Å². The van der Waals surface area contributed by atoms with Gasteiger partial charge in [0.1, 0.15) is 0 Å². The molecule has 0 aliphatic carbocycles. The first-order chi connectivity index (χ1) is 6.74. The van der Waals surface area contributed by atoms with E-state index in [1.807, 2.05) is 0 Å². The third-order valence-corrected chi connectivity index (χ3v) is 2.65. The van der Waals surface area contributed by atoms with E-state index in [-0.39, 0.29) is 0 Å². The van der Waals surface area contributed by atoms with Crippen molar-refractivity contribution in [2.24, 2.45) is 0 Å². The van der Waals surface area contributed by atoms with Gasteiger partial charge in [-0.15, -0.1) is 11.6 Å². The van der Waals surface area contributed by atoms with Crippen LogP contribution in [-0.2, 0) is 6.54 Å². The summed E-state index contributed by atoms with van der Waals surface area (Å²) in [7, 11) is 0. The number of alkyl halides is 1. The highest BCUT2D eigenvalue weighted by Gasteiger charge is 1.95. The monoisotopic (exact) mass is 211 g/mol. The van der Waals surface area contributed by atoms with Gasteiger partial charge in [0.2, 0.25) is 0 Å². The molecule has 0 aromatic heterocycles. The summed E-state index contributed by atoms with van der Waals surface area (Å²) >= 11 is 5.59. The average molecular weight is 212 g/mol. The minimum absolute atomic E-state index is 0.736. The highest BCUT2D eigenvalue weighted by atomic mass is 35.5. The summed E-state index contributed by atoms with van der Waals surface area (Å²) in [6.07, 6.45) is 1.03. The molecule has 78 valence electrons. The van der Waals surface area contributed by atoms with E-state index in [2.05, 4.69) is 37.4 Å². The Morgan fingerprint density at radius 1 is 1.21 bits per heavy atom. The summed E-state index contributed by atoms with van der Waals surface area (Å²) < 4.78 is 0. The molecule has 1 aromatic carbocycles. The maximum Gasteiger partial charge on any atom is 0.0235 e. The number of nitrogens with one attached hydrogen (secondary N) is 1. The van der Waals surface area contributed by atoms with Crippen LogP contribution >= 0.6 is 11.6 Å². The Hall–Kier alpha value is -0.530. The molecule has 14 heavy (non-hydrogen) atoms. The number of aryl methyl sites for hydroxylation is 2. The Balaban J connectivity index is 2.39. The second kappa shape index (κ2) is 6.05. The molecular formula is C12H18ClN. The van der Waals surface area contributed by atoms with Crippen LogP contribution in [0.25, 0.3) is 0 Å². The van der Waals surface area contributed by atoms with Gasteiger partial charge in [-0.25, -0.2) is 0 Å². The number of halogens is 1. The van der Waals surface area contributed by atoms with Gasteiger partial charge in [0.25, 0.3) is 0 Å². The van der Waals surface area contributed by atoms with Gasteiger partial charge < -0.3 is 5.32 Å². The molecule has 0 radical (unpaired) electrons. The van der Waals surface area contributed by atoms with E-state index >= 15 is 0 Å². The summed E-state index contributed by atoms with van der Waals surface area (Å²) in [5.41, 5.74) is 4.07. The van der Waals surface area contributed by atoms with Crippen LogP contribution in [0.2, 0.25) is 0 Å². The molecule has 1 N–H and O–H groups in total. The van der Waals surface area contributed by atoms with Crippen molar-refractivity contribution in [1.82, 2.24) is 5.32 Å². The zero-order valence-electron chi connectivity index (χ0n) is 8.94. The standard InChI is InChI=1S/C12H18ClN/c1-10-4-5-12(8-11(10)2)9-14-7-3-6-13/h4-5,8,14H,3,6-7,9H2,1-2H3. The van der Waals surface area contributed by atoms with Gasteiger partial charge in [-0.1, -0.05) is 18.2 Å². The first kappa shape index (κ1) is 11.5. The molecule has 0 spiro atoms. The Morgan fingerprint density at radius 3 is 2.64 bits per heavy atom. The second-order valence-corrected chi connectivity index (χ2v) is 4.02. The smallest absolute Gasteiger partial charge is 0.0235 e. The highest BCUT2D eigenvalue weighted by molar-refractivity contribution is 6.17. The fraction of sp³-hybridized carbons (Fsp3) is 0.500. The van der Waals surface area contributed by atoms with Gasteiger partial charge in [-0.2, -0.15) is 0 Å². The van der Waals surface area contributed by atoms with Gasteiger partial charge >= 0.3 is 0 Å². The molecule has 2 heteroatoms. The van der Waals surface area contributed by atoms with Crippen LogP contribution in [-0.4, -0.2) is 12.4 Å². The molecule has 1 nitrogen and oxygen atoms in total. The van der Waals surface area contributed by atoms with Crippen molar-refractivity contribution in [3.63, 3.8) is 0 Å². The third-order valence-electron chi connectivity index (χ3n) is 2.39. The van der Waals surface area contributed by atoms with Crippen molar-refractivity contribution >= 4 is 11.6 Å². The molecule has 1 rings (SSSR count). The van der Waals surface area contributed by atoms with Crippen LogP contribution in [0.4, 0.5) is 0 Å². The lowest BCUT2D eigenvalue weighted by molar-refractivity contribution is 0.677. The lowest BCUT2D eigenvalue weighted by Gasteiger charge is -2.06. The fourth-order valence-corrected chi connectivity index (χ4v) is 1.47. The molecule has 0 bridgehead atoms. The quantitative estimate of drug-likeness (QED) is 0.583. The van der Waals surface area contributed by atoms with Crippen molar-refractivity contribution in [1.29, 1.82) is 0 Å². The normalized spacial score (nSPS) is 10.5. The molecular weight excluding hydrogens is 194 g/mol. The summed E-state index contributed by atoms with van der Waals surface area (Å²) in [6, 6.07) is 6.59. The number of hydrogen-bond donors (Lipinski definition) is 1. The topological polar surface area (TPSA) is 12.0 Å².